The first kappa shape index (κ1) is 16.0. The Morgan fingerprint density at radius 2 is 1.37 bits per heavy atom. The van der Waals surface area contributed by atoms with Crippen LogP contribution in [0.5, 0.6) is 0 Å². The number of likely N-dealkylation sites (N-methyl/N-ethyl adjacent to an activating group) is 1. The van der Waals surface area contributed by atoms with Gasteiger partial charge in [0.1, 0.15) is 5.76 Å². The minimum atomic E-state index is -0.621. The molecule has 2 heteroatoms. The summed E-state index contributed by atoms with van der Waals surface area (Å²) in [6, 6.07) is 29.4. The summed E-state index contributed by atoms with van der Waals surface area (Å²) in [5.74, 6) is 0.985. The zero-order valence-electron chi connectivity index (χ0n) is 15.3. The SMILES string of the molecule is CN1CC2=C(OC(c3ccccc3)(c3ccccc3)C=C2)c2ccccc21. The second kappa shape index (κ2) is 6.17. The largest absolute Gasteiger partial charge is 0.473 e. The van der Waals surface area contributed by atoms with Crippen molar-refractivity contribution in [3.63, 3.8) is 0 Å². The first-order valence-corrected chi connectivity index (χ1v) is 9.31. The number of anilines is 1. The number of hydrogen-bond acceptors (Lipinski definition) is 2. The highest BCUT2D eigenvalue weighted by Gasteiger charge is 2.39. The number of benzene rings is 3. The van der Waals surface area contributed by atoms with Crippen molar-refractivity contribution in [1.82, 2.24) is 0 Å². The molecule has 0 aliphatic carbocycles. The third kappa shape index (κ3) is 2.48. The number of hydrogen-bond donors (Lipinski definition) is 0. The van der Waals surface area contributed by atoms with Crippen molar-refractivity contribution in [3.05, 3.63) is 119 Å². The van der Waals surface area contributed by atoms with Gasteiger partial charge in [-0.15, -0.1) is 0 Å². The molecular weight excluding hydrogens is 330 g/mol. The maximum absolute atomic E-state index is 6.89. The van der Waals surface area contributed by atoms with Crippen molar-refractivity contribution in [3.8, 4) is 0 Å². The summed E-state index contributed by atoms with van der Waals surface area (Å²) < 4.78 is 6.89. The zero-order chi connectivity index (χ0) is 18.3. The van der Waals surface area contributed by atoms with Crippen LogP contribution >= 0.6 is 0 Å². The topological polar surface area (TPSA) is 12.5 Å². The molecule has 2 aliphatic heterocycles. The molecule has 0 radical (unpaired) electrons. The van der Waals surface area contributed by atoms with Gasteiger partial charge in [-0.2, -0.15) is 0 Å². The van der Waals surface area contributed by atoms with Gasteiger partial charge in [0.25, 0.3) is 0 Å². The second-order valence-electron chi connectivity index (χ2n) is 7.13. The molecule has 0 bridgehead atoms. The van der Waals surface area contributed by atoms with E-state index in [0.29, 0.717) is 0 Å². The summed E-state index contributed by atoms with van der Waals surface area (Å²) in [4.78, 5) is 2.28. The lowest BCUT2D eigenvalue weighted by molar-refractivity contribution is 0.122. The van der Waals surface area contributed by atoms with Gasteiger partial charge in [0.05, 0.1) is 0 Å². The molecule has 0 amide bonds. The molecule has 5 rings (SSSR count). The first-order chi connectivity index (χ1) is 13.3. The van der Waals surface area contributed by atoms with Crippen LogP contribution in [0.1, 0.15) is 16.7 Å². The Hall–Kier alpha value is -3.26. The number of para-hydroxylation sites is 1. The third-order valence-corrected chi connectivity index (χ3v) is 5.45. The number of fused-ring (bicyclic) bond motifs is 2. The van der Waals surface area contributed by atoms with Gasteiger partial charge in [-0.25, -0.2) is 0 Å². The minimum Gasteiger partial charge on any atom is -0.473 e. The number of ether oxygens (including phenoxy) is 1. The summed E-state index contributed by atoms with van der Waals surface area (Å²) in [6.45, 7) is 0.850. The van der Waals surface area contributed by atoms with E-state index in [-0.39, 0.29) is 0 Å². The fourth-order valence-electron chi connectivity index (χ4n) is 4.09. The van der Waals surface area contributed by atoms with E-state index >= 15 is 0 Å². The monoisotopic (exact) mass is 351 g/mol. The van der Waals surface area contributed by atoms with Crippen molar-refractivity contribution in [1.29, 1.82) is 0 Å². The predicted molar refractivity (Wildman–Crippen MR) is 111 cm³/mol. The van der Waals surface area contributed by atoms with Gasteiger partial charge in [0.15, 0.2) is 5.60 Å². The molecule has 2 aliphatic rings. The molecule has 0 aromatic heterocycles. The molecule has 0 fully saturated rings. The van der Waals surface area contributed by atoms with Crippen LogP contribution in [0.3, 0.4) is 0 Å². The van der Waals surface area contributed by atoms with Gasteiger partial charge in [-0.1, -0.05) is 78.9 Å². The van der Waals surface area contributed by atoms with E-state index < -0.39 is 5.60 Å². The third-order valence-electron chi connectivity index (χ3n) is 5.45. The highest BCUT2D eigenvalue weighted by Crippen LogP contribution is 2.46. The average molecular weight is 351 g/mol. The Bertz CT molecular complexity index is 995. The van der Waals surface area contributed by atoms with Gasteiger partial charge in [0.2, 0.25) is 0 Å². The van der Waals surface area contributed by atoms with Crippen molar-refractivity contribution in [2.24, 2.45) is 0 Å². The summed E-state index contributed by atoms with van der Waals surface area (Å²) >= 11 is 0. The van der Waals surface area contributed by atoms with E-state index in [9.17, 15) is 0 Å². The Labute approximate surface area is 160 Å². The van der Waals surface area contributed by atoms with E-state index in [1.807, 2.05) is 12.1 Å². The standard InChI is InChI=1S/C25H21NO/c1-26-18-19-16-17-25(20-10-4-2-5-11-20,21-12-6-3-7-13-21)27-24(19)22-14-8-9-15-23(22)26/h2-17H,18H2,1H3. The van der Waals surface area contributed by atoms with Crippen LogP contribution < -0.4 is 4.90 Å². The minimum absolute atomic E-state index is 0.621. The lowest BCUT2D eigenvalue weighted by atomic mass is 9.82. The molecule has 2 nitrogen and oxygen atoms in total. The van der Waals surface area contributed by atoms with Crippen LogP contribution in [0.25, 0.3) is 5.76 Å². The van der Waals surface area contributed by atoms with E-state index in [1.54, 1.807) is 0 Å². The van der Waals surface area contributed by atoms with Gasteiger partial charge in [-0.05, 0) is 18.2 Å². The molecule has 0 saturated heterocycles. The van der Waals surface area contributed by atoms with Crippen molar-refractivity contribution in [2.45, 2.75) is 5.60 Å². The Morgan fingerprint density at radius 1 is 0.778 bits per heavy atom. The van der Waals surface area contributed by atoms with Gasteiger partial charge >= 0.3 is 0 Å². The molecule has 0 unspecified atom stereocenters. The Morgan fingerprint density at radius 3 is 2.04 bits per heavy atom. The lowest BCUT2D eigenvalue weighted by Crippen LogP contribution is -2.35. The maximum atomic E-state index is 6.89. The van der Waals surface area contributed by atoms with E-state index in [4.69, 9.17) is 4.74 Å². The van der Waals surface area contributed by atoms with Crippen LogP contribution in [-0.2, 0) is 10.3 Å². The number of rotatable bonds is 2. The van der Waals surface area contributed by atoms with Crippen LogP contribution in [0, 0.1) is 0 Å². The molecule has 2 heterocycles. The van der Waals surface area contributed by atoms with Crippen molar-refractivity contribution in [2.75, 3.05) is 18.5 Å². The molecule has 27 heavy (non-hydrogen) atoms. The number of nitrogens with zero attached hydrogens (tertiary/aromatic N) is 1. The predicted octanol–water partition coefficient (Wildman–Crippen LogP) is 5.38. The van der Waals surface area contributed by atoms with E-state index in [1.165, 1.54) is 11.3 Å². The van der Waals surface area contributed by atoms with E-state index in [0.717, 1.165) is 29.0 Å². The molecular formula is C25H21NO. The normalized spacial score (nSPS) is 17.1. The summed E-state index contributed by atoms with van der Waals surface area (Å²) in [7, 11) is 2.13. The summed E-state index contributed by atoms with van der Waals surface area (Å²) in [5.41, 5.74) is 5.23. The molecule has 0 N–H and O–H groups in total. The fraction of sp³-hybridized carbons (Fsp3) is 0.120. The van der Waals surface area contributed by atoms with Crippen molar-refractivity contribution < 1.29 is 4.74 Å². The van der Waals surface area contributed by atoms with Gasteiger partial charge in [-0.3, -0.25) is 0 Å². The average Bonchev–Trinajstić information content (AvgIpc) is 2.75. The Balaban J connectivity index is 1.70. The zero-order valence-corrected chi connectivity index (χ0v) is 15.3. The highest BCUT2D eigenvalue weighted by atomic mass is 16.5. The Kier molecular flexibility index (Phi) is 3.64. The second-order valence-corrected chi connectivity index (χ2v) is 7.13. The highest BCUT2D eigenvalue weighted by molar-refractivity contribution is 5.82. The van der Waals surface area contributed by atoms with Crippen LogP contribution in [0.2, 0.25) is 0 Å². The quantitative estimate of drug-likeness (QED) is 0.615. The molecule has 132 valence electrons. The van der Waals surface area contributed by atoms with Crippen LogP contribution in [0.15, 0.2) is 103 Å². The lowest BCUT2D eigenvalue weighted by Gasteiger charge is -2.40. The smallest absolute Gasteiger partial charge is 0.178 e. The van der Waals surface area contributed by atoms with Crippen molar-refractivity contribution >= 4 is 11.4 Å². The van der Waals surface area contributed by atoms with Gasteiger partial charge < -0.3 is 9.64 Å². The van der Waals surface area contributed by atoms with Crippen LogP contribution in [0.4, 0.5) is 5.69 Å². The van der Waals surface area contributed by atoms with Gasteiger partial charge in [0, 0.05) is 41.5 Å². The first-order valence-electron chi connectivity index (χ1n) is 9.31. The fourth-order valence-corrected chi connectivity index (χ4v) is 4.09. The molecule has 0 saturated carbocycles. The summed E-state index contributed by atoms with van der Waals surface area (Å²) in [5, 5.41) is 0. The maximum Gasteiger partial charge on any atom is 0.178 e. The van der Waals surface area contributed by atoms with E-state index in [2.05, 4.69) is 96.9 Å². The molecule has 0 spiro atoms. The summed E-state index contributed by atoms with van der Waals surface area (Å²) in [6.07, 6.45) is 4.45. The molecule has 3 aromatic rings. The van der Waals surface area contributed by atoms with Crippen LogP contribution in [-0.4, -0.2) is 13.6 Å². The molecule has 0 atom stereocenters. The molecule has 3 aromatic carbocycles.